The molecule has 1 aliphatic rings. The van der Waals surface area contributed by atoms with Gasteiger partial charge in [-0.1, -0.05) is 54.2 Å². The first-order chi connectivity index (χ1) is 15.8. The predicted molar refractivity (Wildman–Crippen MR) is 125 cm³/mol. The summed E-state index contributed by atoms with van der Waals surface area (Å²) in [6.45, 7) is 5.09. The van der Waals surface area contributed by atoms with Crippen LogP contribution in [0.4, 0.5) is 0 Å². The molecule has 3 heterocycles. The highest BCUT2D eigenvalue weighted by molar-refractivity contribution is 7.99. The van der Waals surface area contributed by atoms with E-state index in [4.69, 9.17) is 4.42 Å². The maximum atomic E-state index is 12.6. The van der Waals surface area contributed by atoms with E-state index in [1.165, 1.54) is 11.8 Å². The van der Waals surface area contributed by atoms with Crippen LogP contribution in [0.3, 0.4) is 0 Å². The van der Waals surface area contributed by atoms with E-state index in [1.807, 2.05) is 59.8 Å². The fraction of sp³-hybridized carbons (Fsp3) is 0.292. The summed E-state index contributed by atoms with van der Waals surface area (Å²) in [5, 5.41) is 0.549. The summed E-state index contributed by atoms with van der Waals surface area (Å²) < 4.78 is 7.90. The van der Waals surface area contributed by atoms with Gasteiger partial charge in [-0.15, -0.1) is 0 Å². The van der Waals surface area contributed by atoms with Gasteiger partial charge >= 0.3 is 0 Å². The molecule has 0 unspecified atom stereocenters. The lowest BCUT2D eigenvalue weighted by atomic mass is 10.2. The van der Waals surface area contributed by atoms with E-state index >= 15 is 0 Å². The zero-order valence-electron chi connectivity index (χ0n) is 17.8. The molecule has 1 fully saturated rings. The van der Waals surface area contributed by atoms with Crippen molar-refractivity contribution in [2.24, 2.45) is 0 Å². The summed E-state index contributed by atoms with van der Waals surface area (Å²) in [6.07, 6.45) is 3.89. The largest absolute Gasteiger partial charge is 0.431 e. The minimum absolute atomic E-state index is 0.137. The zero-order chi connectivity index (χ0) is 21.8. The number of benzene rings is 2. The van der Waals surface area contributed by atoms with Crippen molar-refractivity contribution in [2.45, 2.75) is 11.8 Å². The summed E-state index contributed by atoms with van der Waals surface area (Å²) in [6, 6.07) is 17.9. The van der Waals surface area contributed by atoms with Crippen LogP contribution < -0.4 is 0 Å². The summed E-state index contributed by atoms with van der Waals surface area (Å²) >= 11 is 1.36. The number of imidazole rings is 1. The first-order valence-corrected chi connectivity index (χ1v) is 11.8. The molecule has 0 bridgehead atoms. The van der Waals surface area contributed by atoms with Crippen molar-refractivity contribution in [2.75, 3.05) is 38.5 Å². The Kier molecular flexibility index (Phi) is 6.22. The molecule has 5 rings (SSSR count). The van der Waals surface area contributed by atoms with Crippen LogP contribution in [-0.4, -0.2) is 68.7 Å². The zero-order valence-corrected chi connectivity index (χ0v) is 18.6. The molecule has 7 nitrogen and oxygen atoms in total. The third-order valence-electron chi connectivity index (χ3n) is 5.72. The number of rotatable bonds is 7. The second kappa shape index (κ2) is 9.58. The summed E-state index contributed by atoms with van der Waals surface area (Å²) in [5.41, 5.74) is 2.71. The topological polar surface area (TPSA) is 67.4 Å². The van der Waals surface area contributed by atoms with Crippen LogP contribution in [-0.2, 0) is 11.3 Å². The summed E-state index contributed by atoms with van der Waals surface area (Å²) in [4.78, 5) is 25.9. The van der Waals surface area contributed by atoms with Gasteiger partial charge in [-0.3, -0.25) is 9.69 Å². The number of nitrogens with zero attached hydrogens (tertiary/aromatic N) is 5. The van der Waals surface area contributed by atoms with Gasteiger partial charge in [0.05, 0.1) is 5.75 Å². The van der Waals surface area contributed by atoms with E-state index < -0.39 is 0 Å². The lowest BCUT2D eigenvalue weighted by Gasteiger charge is -2.34. The maximum absolute atomic E-state index is 12.6. The van der Waals surface area contributed by atoms with Gasteiger partial charge in [0.15, 0.2) is 5.58 Å². The number of carbonyl (C=O) groups is 1. The van der Waals surface area contributed by atoms with Crippen molar-refractivity contribution in [1.29, 1.82) is 0 Å². The van der Waals surface area contributed by atoms with Crippen molar-refractivity contribution in [3.8, 4) is 11.4 Å². The van der Waals surface area contributed by atoms with E-state index in [9.17, 15) is 4.79 Å². The highest BCUT2D eigenvalue weighted by Crippen LogP contribution is 2.23. The van der Waals surface area contributed by atoms with E-state index in [0.29, 0.717) is 11.0 Å². The standard InChI is InChI=1S/C24H25N5O2S/c30-22(18-32-24-26-20-8-4-5-9-21(20)31-24)28-15-12-27(13-16-28)14-17-29-11-10-25-23(29)19-6-2-1-3-7-19/h1-11H,12-18H2. The second-order valence-corrected chi connectivity index (χ2v) is 8.70. The number of amides is 1. The molecule has 2 aromatic carbocycles. The predicted octanol–water partition coefficient (Wildman–Crippen LogP) is 3.63. The molecule has 1 aliphatic heterocycles. The second-order valence-electron chi connectivity index (χ2n) is 7.77. The van der Waals surface area contributed by atoms with E-state index in [2.05, 4.69) is 31.6 Å². The molecule has 8 heteroatoms. The number of piperazine rings is 1. The molecule has 0 saturated carbocycles. The fourth-order valence-corrected chi connectivity index (χ4v) is 4.68. The van der Waals surface area contributed by atoms with Crippen molar-refractivity contribution in [1.82, 2.24) is 24.3 Å². The van der Waals surface area contributed by atoms with Gasteiger partial charge in [-0.25, -0.2) is 9.97 Å². The number of para-hydroxylation sites is 2. The lowest BCUT2D eigenvalue weighted by Crippen LogP contribution is -2.49. The summed E-state index contributed by atoms with van der Waals surface area (Å²) in [7, 11) is 0. The molecular weight excluding hydrogens is 422 g/mol. The van der Waals surface area contributed by atoms with Crippen LogP contribution in [0, 0.1) is 0 Å². The van der Waals surface area contributed by atoms with Gasteiger partial charge in [0.1, 0.15) is 11.3 Å². The third kappa shape index (κ3) is 4.71. The average molecular weight is 448 g/mol. The van der Waals surface area contributed by atoms with E-state index in [1.54, 1.807) is 0 Å². The molecule has 0 atom stereocenters. The molecule has 0 radical (unpaired) electrons. The number of hydrogen-bond acceptors (Lipinski definition) is 6. The molecule has 32 heavy (non-hydrogen) atoms. The van der Waals surface area contributed by atoms with Gasteiger partial charge in [-0.05, 0) is 12.1 Å². The minimum atomic E-state index is 0.137. The Balaban J connectivity index is 1.08. The quantitative estimate of drug-likeness (QED) is 0.403. The lowest BCUT2D eigenvalue weighted by molar-refractivity contribution is -0.130. The normalized spacial score (nSPS) is 14.8. The van der Waals surface area contributed by atoms with Crippen LogP contribution in [0.15, 0.2) is 76.6 Å². The van der Waals surface area contributed by atoms with Crippen LogP contribution in [0.5, 0.6) is 0 Å². The van der Waals surface area contributed by atoms with Crippen LogP contribution in [0.25, 0.3) is 22.5 Å². The minimum Gasteiger partial charge on any atom is -0.431 e. The van der Waals surface area contributed by atoms with Crippen molar-refractivity contribution in [3.05, 3.63) is 67.0 Å². The highest BCUT2D eigenvalue weighted by Gasteiger charge is 2.22. The van der Waals surface area contributed by atoms with Gasteiger partial charge in [0.2, 0.25) is 5.91 Å². The molecule has 1 saturated heterocycles. The third-order valence-corrected chi connectivity index (χ3v) is 6.54. The molecule has 4 aromatic rings. The molecule has 0 aliphatic carbocycles. The Labute approximate surface area is 191 Å². The number of thioether (sulfide) groups is 1. The number of carbonyl (C=O) groups excluding carboxylic acids is 1. The fourth-order valence-electron chi connectivity index (χ4n) is 3.93. The summed E-state index contributed by atoms with van der Waals surface area (Å²) in [5.74, 6) is 1.48. The van der Waals surface area contributed by atoms with Gasteiger partial charge in [-0.2, -0.15) is 0 Å². The Morgan fingerprint density at radius 1 is 0.969 bits per heavy atom. The molecule has 164 valence electrons. The number of fused-ring (bicyclic) bond motifs is 1. The molecule has 0 N–H and O–H groups in total. The van der Waals surface area contributed by atoms with Gasteiger partial charge in [0, 0.05) is 57.2 Å². The van der Waals surface area contributed by atoms with E-state index in [0.717, 1.165) is 61.8 Å². The van der Waals surface area contributed by atoms with Crippen molar-refractivity contribution < 1.29 is 9.21 Å². The molecule has 1 amide bonds. The monoisotopic (exact) mass is 447 g/mol. The van der Waals surface area contributed by atoms with Crippen LogP contribution in [0.2, 0.25) is 0 Å². The first-order valence-electron chi connectivity index (χ1n) is 10.8. The van der Waals surface area contributed by atoms with Gasteiger partial charge < -0.3 is 13.9 Å². The molecular formula is C24H25N5O2S. The average Bonchev–Trinajstić information content (AvgIpc) is 3.49. The number of aromatic nitrogens is 3. The molecule has 2 aromatic heterocycles. The SMILES string of the molecule is O=C(CSc1nc2ccccc2o1)N1CCN(CCn2ccnc2-c2ccccc2)CC1. The Morgan fingerprint density at radius 3 is 2.56 bits per heavy atom. The maximum Gasteiger partial charge on any atom is 0.257 e. The Bertz CT molecular complexity index is 1150. The Hall–Kier alpha value is -3.10. The molecule has 0 spiro atoms. The Morgan fingerprint density at radius 2 is 1.75 bits per heavy atom. The number of hydrogen-bond donors (Lipinski definition) is 0. The smallest absolute Gasteiger partial charge is 0.257 e. The van der Waals surface area contributed by atoms with Gasteiger partial charge in [0.25, 0.3) is 5.22 Å². The number of oxazole rings is 1. The van der Waals surface area contributed by atoms with Crippen molar-refractivity contribution >= 4 is 28.8 Å². The van der Waals surface area contributed by atoms with Crippen molar-refractivity contribution in [3.63, 3.8) is 0 Å². The van der Waals surface area contributed by atoms with Crippen LogP contribution in [0.1, 0.15) is 0 Å². The van der Waals surface area contributed by atoms with Crippen LogP contribution >= 0.6 is 11.8 Å². The first kappa shape index (κ1) is 20.8. The highest BCUT2D eigenvalue weighted by atomic mass is 32.2. The van der Waals surface area contributed by atoms with E-state index in [-0.39, 0.29) is 5.91 Å².